The average Bonchev–Trinajstić information content (AvgIpc) is 3.03. The molecular weight excluding hydrogens is 332 g/mol. The molecule has 23 heavy (non-hydrogen) atoms. The summed E-state index contributed by atoms with van der Waals surface area (Å²) in [5, 5.41) is 4.62. The molecule has 0 aliphatic heterocycles. The minimum Gasteiger partial charge on any atom is -0.461 e. The fourth-order valence-corrected chi connectivity index (χ4v) is 2.82. The van der Waals surface area contributed by atoms with E-state index in [4.69, 9.17) is 20.8 Å². The van der Waals surface area contributed by atoms with Crippen molar-refractivity contribution in [3.05, 3.63) is 79.5 Å². The lowest BCUT2D eigenvalue weighted by Crippen LogP contribution is -2.03. The zero-order chi connectivity index (χ0) is 16.2. The van der Waals surface area contributed by atoms with E-state index in [0.717, 1.165) is 11.1 Å². The normalized spacial score (nSPS) is 11.0. The number of benzene rings is 1. The van der Waals surface area contributed by atoms with Crippen LogP contribution in [0.2, 0.25) is 5.02 Å². The maximum absolute atomic E-state index is 12.1. The van der Waals surface area contributed by atoms with Gasteiger partial charge in [-0.3, -0.25) is 4.79 Å². The maximum Gasteiger partial charge on any atom is 0.227 e. The highest BCUT2D eigenvalue weighted by Gasteiger charge is 2.07. The van der Waals surface area contributed by atoms with E-state index < -0.39 is 0 Å². The van der Waals surface area contributed by atoms with Crippen LogP contribution in [0.15, 0.2) is 56.6 Å². The highest BCUT2D eigenvalue weighted by molar-refractivity contribution is 7.08. The van der Waals surface area contributed by atoms with Crippen molar-refractivity contribution in [1.29, 1.82) is 0 Å². The van der Waals surface area contributed by atoms with Crippen LogP contribution >= 0.6 is 22.9 Å². The van der Waals surface area contributed by atoms with Gasteiger partial charge in [0.2, 0.25) is 11.2 Å². The van der Waals surface area contributed by atoms with Gasteiger partial charge in [0.15, 0.2) is 0 Å². The Morgan fingerprint density at radius 1 is 1.17 bits per heavy atom. The molecule has 0 atom stereocenters. The molecule has 0 N–H and O–H groups in total. The largest absolute Gasteiger partial charge is 0.461 e. The van der Waals surface area contributed by atoms with Gasteiger partial charge in [0.25, 0.3) is 0 Å². The minimum absolute atomic E-state index is 0.142. The molecule has 0 unspecified atom stereocenters. The smallest absolute Gasteiger partial charge is 0.227 e. The van der Waals surface area contributed by atoms with Gasteiger partial charge in [-0.05, 0) is 59.2 Å². The SMILES string of the molecule is Cc1cc(Cl)ccc1Oc1coc(/C=C/c2ccsc2)cc1=O. The Morgan fingerprint density at radius 2 is 2.04 bits per heavy atom. The lowest BCUT2D eigenvalue weighted by Gasteiger charge is -2.07. The van der Waals surface area contributed by atoms with Crippen LogP contribution in [0, 0.1) is 6.92 Å². The van der Waals surface area contributed by atoms with Gasteiger partial charge in [-0.1, -0.05) is 17.7 Å². The zero-order valence-corrected chi connectivity index (χ0v) is 13.9. The average molecular weight is 345 g/mol. The summed E-state index contributed by atoms with van der Waals surface area (Å²) in [6.45, 7) is 1.86. The summed E-state index contributed by atoms with van der Waals surface area (Å²) in [4.78, 5) is 12.1. The van der Waals surface area contributed by atoms with E-state index in [1.54, 1.807) is 35.6 Å². The number of aryl methyl sites for hydroxylation is 1. The number of hydrogen-bond donors (Lipinski definition) is 0. The molecule has 0 spiro atoms. The molecule has 1 aromatic carbocycles. The summed E-state index contributed by atoms with van der Waals surface area (Å²) in [5.41, 5.74) is 1.67. The summed E-state index contributed by atoms with van der Waals surface area (Å²) in [6, 6.07) is 8.60. The summed E-state index contributed by atoms with van der Waals surface area (Å²) >= 11 is 7.52. The molecule has 5 heteroatoms. The van der Waals surface area contributed by atoms with E-state index in [-0.39, 0.29) is 11.2 Å². The molecule has 2 heterocycles. The highest BCUT2D eigenvalue weighted by Crippen LogP contribution is 2.25. The molecule has 0 saturated carbocycles. The van der Waals surface area contributed by atoms with E-state index in [2.05, 4.69) is 0 Å². The first-order chi connectivity index (χ1) is 11.1. The molecule has 0 fully saturated rings. The van der Waals surface area contributed by atoms with Crippen LogP contribution in [0.4, 0.5) is 0 Å². The predicted octanol–water partition coefficient (Wildman–Crippen LogP) is 5.63. The summed E-state index contributed by atoms with van der Waals surface area (Å²) in [7, 11) is 0. The molecular formula is C18H13ClO3S. The molecule has 0 bridgehead atoms. The van der Waals surface area contributed by atoms with E-state index in [1.165, 1.54) is 12.3 Å². The van der Waals surface area contributed by atoms with Crippen LogP contribution in [0.5, 0.6) is 11.5 Å². The molecule has 0 aliphatic rings. The molecule has 2 aromatic heterocycles. The van der Waals surface area contributed by atoms with Gasteiger partial charge in [-0.25, -0.2) is 0 Å². The Balaban J connectivity index is 1.81. The Labute approximate surface area is 142 Å². The van der Waals surface area contributed by atoms with Crippen LogP contribution in [0.25, 0.3) is 12.2 Å². The zero-order valence-electron chi connectivity index (χ0n) is 12.3. The quantitative estimate of drug-likeness (QED) is 0.616. The molecule has 3 aromatic rings. The second-order valence-corrected chi connectivity index (χ2v) is 6.13. The lowest BCUT2D eigenvalue weighted by atomic mass is 10.2. The van der Waals surface area contributed by atoms with Crippen molar-refractivity contribution in [3.63, 3.8) is 0 Å². The number of hydrogen-bond acceptors (Lipinski definition) is 4. The molecule has 116 valence electrons. The van der Waals surface area contributed by atoms with Crippen LogP contribution in [0.1, 0.15) is 16.9 Å². The van der Waals surface area contributed by atoms with Gasteiger partial charge in [0, 0.05) is 11.1 Å². The topological polar surface area (TPSA) is 39.4 Å². The molecule has 0 amide bonds. The van der Waals surface area contributed by atoms with Gasteiger partial charge in [0.05, 0.1) is 0 Å². The van der Waals surface area contributed by atoms with Crippen molar-refractivity contribution in [2.75, 3.05) is 0 Å². The standard InChI is InChI=1S/C18H13ClO3S/c1-12-8-14(19)3-5-17(12)22-18-10-21-15(9-16(18)20)4-2-13-6-7-23-11-13/h2-11H,1H3/b4-2+. The summed E-state index contributed by atoms with van der Waals surface area (Å²) in [6.07, 6.45) is 4.96. The van der Waals surface area contributed by atoms with Crippen molar-refractivity contribution in [3.8, 4) is 11.5 Å². The summed E-state index contributed by atoms with van der Waals surface area (Å²) in [5.74, 6) is 1.19. The third-order valence-corrected chi connectivity index (χ3v) is 4.09. The number of thiophene rings is 1. The first-order valence-electron chi connectivity index (χ1n) is 6.89. The second kappa shape index (κ2) is 6.86. The van der Waals surface area contributed by atoms with Gasteiger partial charge in [-0.15, -0.1) is 0 Å². The van der Waals surface area contributed by atoms with Crippen molar-refractivity contribution in [1.82, 2.24) is 0 Å². The lowest BCUT2D eigenvalue weighted by molar-refractivity contribution is 0.433. The Morgan fingerprint density at radius 3 is 2.74 bits per heavy atom. The summed E-state index contributed by atoms with van der Waals surface area (Å²) < 4.78 is 11.1. The minimum atomic E-state index is -0.240. The molecule has 0 saturated heterocycles. The van der Waals surface area contributed by atoms with Crippen LogP contribution < -0.4 is 10.2 Å². The first-order valence-corrected chi connectivity index (χ1v) is 8.21. The van der Waals surface area contributed by atoms with E-state index >= 15 is 0 Å². The first kappa shape index (κ1) is 15.6. The van der Waals surface area contributed by atoms with Crippen molar-refractivity contribution in [2.24, 2.45) is 0 Å². The third kappa shape index (κ3) is 3.92. The van der Waals surface area contributed by atoms with E-state index in [9.17, 15) is 4.79 Å². The maximum atomic E-state index is 12.1. The van der Waals surface area contributed by atoms with Crippen molar-refractivity contribution >= 4 is 35.1 Å². The third-order valence-electron chi connectivity index (χ3n) is 3.16. The molecule has 3 nitrogen and oxygen atoms in total. The van der Waals surface area contributed by atoms with Crippen LogP contribution in [0.3, 0.4) is 0 Å². The van der Waals surface area contributed by atoms with Gasteiger partial charge in [-0.2, -0.15) is 11.3 Å². The highest BCUT2D eigenvalue weighted by atomic mass is 35.5. The van der Waals surface area contributed by atoms with Crippen molar-refractivity contribution in [2.45, 2.75) is 6.92 Å². The van der Waals surface area contributed by atoms with Crippen LogP contribution in [-0.2, 0) is 0 Å². The Hall–Kier alpha value is -2.30. The number of ether oxygens (including phenoxy) is 1. The van der Waals surface area contributed by atoms with Gasteiger partial charge >= 0.3 is 0 Å². The van der Waals surface area contributed by atoms with Gasteiger partial charge < -0.3 is 9.15 Å². The number of rotatable bonds is 4. The Kier molecular flexibility index (Phi) is 4.65. The number of halogens is 1. The monoisotopic (exact) mass is 344 g/mol. The van der Waals surface area contributed by atoms with E-state index in [1.807, 2.05) is 29.8 Å². The Bertz CT molecular complexity index is 895. The molecule has 0 aliphatic carbocycles. The van der Waals surface area contributed by atoms with E-state index in [0.29, 0.717) is 16.5 Å². The second-order valence-electron chi connectivity index (χ2n) is 4.91. The predicted molar refractivity (Wildman–Crippen MR) is 94.5 cm³/mol. The van der Waals surface area contributed by atoms with Gasteiger partial charge in [0.1, 0.15) is 17.8 Å². The molecule has 3 rings (SSSR count). The molecule has 0 radical (unpaired) electrons. The fraction of sp³-hybridized carbons (Fsp3) is 0.0556. The van der Waals surface area contributed by atoms with Crippen molar-refractivity contribution < 1.29 is 9.15 Å². The fourth-order valence-electron chi connectivity index (χ4n) is 1.97. The van der Waals surface area contributed by atoms with Crippen LogP contribution in [-0.4, -0.2) is 0 Å².